The van der Waals surface area contributed by atoms with Crippen LogP contribution in [0.2, 0.25) is 0 Å². The monoisotopic (exact) mass is 273 g/mol. The van der Waals surface area contributed by atoms with E-state index in [0.717, 1.165) is 37.4 Å². The van der Waals surface area contributed by atoms with Crippen LogP contribution in [0.3, 0.4) is 0 Å². The molecule has 0 spiro atoms. The lowest BCUT2D eigenvalue weighted by Gasteiger charge is -2.07. The first-order valence-corrected chi connectivity index (χ1v) is 7.00. The Morgan fingerprint density at radius 2 is 2.20 bits per heavy atom. The van der Waals surface area contributed by atoms with E-state index in [9.17, 15) is 0 Å². The molecule has 2 heterocycles. The molecule has 0 radical (unpaired) electrons. The van der Waals surface area contributed by atoms with Crippen LogP contribution >= 0.6 is 0 Å². The number of nitrogens with zero attached hydrogens (tertiary/aromatic N) is 3. The third-order valence-electron chi connectivity index (χ3n) is 3.41. The number of ether oxygens (including phenoxy) is 2. The molecule has 5 heteroatoms. The molecule has 0 amide bonds. The van der Waals surface area contributed by atoms with Crippen LogP contribution in [-0.4, -0.2) is 27.7 Å². The standard InChI is InChI=1S/C15H19N3O2/c1-12-4-6-14(7-5-12)20-11-13-9-18(17-16-13)10-15-3-2-8-19-15/h4-7,9,15H,2-3,8,10-11H2,1H3. The second-order valence-electron chi connectivity index (χ2n) is 5.17. The number of hydrogen-bond donors (Lipinski definition) is 0. The Kier molecular flexibility index (Phi) is 3.97. The Balaban J connectivity index is 1.52. The highest BCUT2D eigenvalue weighted by Gasteiger charge is 2.16. The van der Waals surface area contributed by atoms with Crippen molar-refractivity contribution in [3.8, 4) is 5.75 Å². The van der Waals surface area contributed by atoms with Crippen molar-refractivity contribution in [2.75, 3.05) is 6.61 Å². The fourth-order valence-electron chi connectivity index (χ4n) is 2.28. The molecule has 1 aromatic heterocycles. The van der Waals surface area contributed by atoms with E-state index >= 15 is 0 Å². The predicted octanol–water partition coefficient (Wildman–Crippen LogP) is 2.34. The van der Waals surface area contributed by atoms with Crippen LogP contribution in [0.5, 0.6) is 5.75 Å². The van der Waals surface area contributed by atoms with Gasteiger partial charge >= 0.3 is 0 Å². The Bertz CT molecular complexity index is 545. The van der Waals surface area contributed by atoms with Gasteiger partial charge in [-0.1, -0.05) is 22.9 Å². The van der Waals surface area contributed by atoms with Crippen molar-refractivity contribution in [3.05, 3.63) is 41.7 Å². The topological polar surface area (TPSA) is 49.2 Å². The predicted molar refractivity (Wildman–Crippen MR) is 74.5 cm³/mol. The molecule has 3 rings (SSSR count). The summed E-state index contributed by atoms with van der Waals surface area (Å²) in [6.07, 6.45) is 4.45. The average molecular weight is 273 g/mol. The van der Waals surface area contributed by atoms with Gasteiger partial charge in [0.25, 0.3) is 0 Å². The van der Waals surface area contributed by atoms with Gasteiger partial charge in [-0.05, 0) is 31.9 Å². The molecule has 1 unspecified atom stereocenters. The van der Waals surface area contributed by atoms with Crippen molar-refractivity contribution < 1.29 is 9.47 Å². The maximum Gasteiger partial charge on any atom is 0.134 e. The summed E-state index contributed by atoms with van der Waals surface area (Å²) in [7, 11) is 0. The Labute approximate surface area is 118 Å². The molecule has 0 saturated carbocycles. The second kappa shape index (κ2) is 6.05. The molecule has 2 aromatic rings. The fraction of sp³-hybridized carbons (Fsp3) is 0.467. The summed E-state index contributed by atoms with van der Waals surface area (Å²) in [6, 6.07) is 7.99. The highest BCUT2D eigenvalue weighted by molar-refractivity contribution is 5.26. The summed E-state index contributed by atoms with van der Waals surface area (Å²) in [6.45, 7) is 4.13. The Morgan fingerprint density at radius 1 is 1.35 bits per heavy atom. The van der Waals surface area contributed by atoms with Crippen molar-refractivity contribution in [2.45, 2.75) is 39.0 Å². The number of aromatic nitrogens is 3. The third-order valence-corrected chi connectivity index (χ3v) is 3.41. The van der Waals surface area contributed by atoms with Gasteiger partial charge in [-0.3, -0.25) is 0 Å². The summed E-state index contributed by atoms with van der Waals surface area (Å²) in [5.74, 6) is 0.851. The zero-order valence-electron chi connectivity index (χ0n) is 11.7. The van der Waals surface area contributed by atoms with E-state index < -0.39 is 0 Å². The van der Waals surface area contributed by atoms with Crippen molar-refractivity contribution in [1.29, 1.82) is 0 Å². The normalized spacial score (nSPS) is 18.4. The van der Waals surface area contributed by atoms with Crippen LogP contribution in [0.4, 0.5) is 0 Å². The lowest BCUT2D eigenvalue weighted by Crippen LogP contribution is -2.15. The molecule has 106 valence electrons. The fourth-order valence-corrected chi connectivity index (χ4v) is 2.28. The highest BCUT2D eigenvalue weighted by Crippen LogP contribution is 2.15. The van der Waals surface area contributed by atoms with E-state index in [4.69, 9.17) is 9.47 Å². The van der Waals surface area contributed by atoms with Crippen LogP contribution in [0.25, 0.3) is 0 Å². The van der Waals surface area contributed by atoms with Gasteiger partial charge in [0.2, 0.25) is 0 Å². The van der Waals surface area contributed by atoms with Gasteiger partial charge in [0.15, 0.2) is 0 Å². The van der Waals surface area contributed by atoms with Gasteiger partial charge < -0.3 is 9.47 Å². The first-order valence-electron chi connectivity index (χ1n) is 7.00. The molecule has 1 aromatic carbocycles. The number of hydrogen-bond acceptors (Lipinski definition) is 4. The third kappa shape index (κ3) is 3.36. The van der Waals surface area contributed by atoms with E-state index in [2.05, 4.69) is 17.2 Å². The summed E-state index contributed by atoms with van der Waals surface area (Å²) < 4.78 is 13.1. The molecule has 1 atom stereocenters. The molecule has 1 saturated heterocycles. The highest BCUT2D eigenvalue weighted by atomic mass is 16.5. The quantitative estimate of drug-likeness (QED) is 0.839. The lowest BCUT2D eigenvalue weighted by molar-refractivity contribution is 0.0935. The summed E-state index contributed by atoms with van der Waals surface area (Å²) in [5, 5.41) is 8.24. The van der Waals surface area contributed by atoms with Gasteiger partial charge in [-0.15, -0.1) is 5.10 Å². The van der Waals surface area contributed by atoms with Crippen LogP contribution < -0.4 is 4.74 Å². The largest absolute Gasteiger partial charge is 0.487 e. The SMILES string of the molecule is Cc1ccc(OCc2cn(CC3CCCO3)nn2)cc1. The maximum absolute atomic E-state index is 5.68. The molecular weight excluding hydrogens is 254 g/mol. The van der Waals surface area contributed by atoms with Crippen LogP contribution in [0, 0.1) is 6.92 Å². The summed E-state index contributed by atoms with van der Waals surface area (Å²) in [5.41, 5.74) is 2.06. The van der Waals surface area contributed by atoms with Gasteiger partial charge in [-0.25, -0.2) is 4.68 Å². The summed E-state index contributed by atoms with van der Waals surface area (Å²) in [4.78, 5) is 0. The van der Waals surface area contributed by atoms with Crippen molar-refractivity contribution in [2.24, 2.45) is 0 Å². The first kappa shape index (κ1) is 13.1. The minimum absolute atomic E-state index is 0.280. The number of rotatable bonds is 5. The van der Waals surface area contributed by atoms with Crippen LogP contribution in [0.15, 0.2) is 30.5 Å². The van der Waals surface area contributed by atoms with Gasteiger partial charge in [0.1, 0.15) is 18.1 Å². The van der Waals surface area contributed by atoms with Gasteiger partial charge in [0.05, 0.1) is 18.8 Å². The second-order valence-corrected chi connectivity index (χ2v) is 5.17. The summed E-state index contributed by atoms with van der Waals surface area (Å²) >= 11 is 0. The number of benzene rings is 1. The smallest absolute Gasteiger partial charge is 0.134 e. The average Bonchev–Trinajstić information content (AvgIpc) is 3.11. The van der Waals surface area contributed by atoms with E-state index in [1.807, 2.05) is 35.1 Å². The van der Waals surface area contributed by atoms with E-state index in [1.54, 1.807) is 0 Å². The Hall–Kier alpha value is -1.88. The first-order chi connectivity index (χ1) is 9.79. The molecule has 0 bridgehead atoms. The van der Waals surface area contributed by atoms with Gasteiger partial charge in [-0.2, -0.15) is 0 Å². The van der Waals surface area contributed by atoms with E-state index in [-0.39, 0.29) is 6.10 Å². The minimum Gasteiger partial charge on any atom is -0.487 e. The molecular formula is C15H19N3O2. The van der Waals surface area contributed by atoms with Crippen molar-refractivity contribution in [3.63, 3.8) is 0 Å². The molecule has 1 aliphatic rings. The van der Waals surface area contributed by atoms with Crippen LogP contribution in [0.1, 0.15) is 24.1 Å². The molecule has 0 aliphatic carbocycles. The zero-order valence-corrected chi connectivity index (χ0v) is 11.7. The van der Waals surface area contributed by atoms with Gasteiger partial charge in [0, 0.05) is 6.61 Å². The maximum atomic E-state index is 5.68. The molecule has 20 heavy (non-hydrogen) atoms. The lowest BCUT2D eigenvalue weighted by atomic mass is 10.2. The molecule has 0 N–H and O–H groups in total. The Morgan fingerprint density at radius 3 is 2.95 bits per heavy atom. The van der Waals surface area contributed by atoms with Crippen molar-refractivity contribution in [1.82, 2.24) is 15.0 Å². The molecule has 1 fully saturated rings. The van der Waals surface area contributed by atoms with Crippen molar-refractivity contribution >= 4 is 0 Å². The zero-order chi connectivity index (χ0) is 13.8. The number of aryl methyl sites for hydroxylation is 1. The minimum atomic E-state index is 0.280. The molecule has 1 aliphatic heterocycles. The van der Waals surface area contributed by atoms with E-state index in [0.29, 0.717) is 6.61 Å². The van der Waals surface area contributed by atoms with E-state index in [1.165, 1.54) is 5.56 Å². The van der Waals surface area contributed by atoms with Crippen LogP contribution in [-0.2, 0) is 17.9 Å². The molecule has 5 nitrogen and oxygen atoms in total.